The van der Waals surface area contributed by atoms with Crippen molar-refractivity contribution >= 4 is 23.4 Å². The average molecular weight is 235 g/mol. The molecular weight excluding hydrogens is 216 g/mol. The van der Waals surface area contributed by atoms with Crippen LogP contribution in [0.25, 0.3) is 0 Å². The molecule has 0 unspecified atom stereocenters. The first-order chi connectivity index (χ1) is 7.22. The Labute approximate surface area is 95.7 Å². The van der Waals surface area contributed by atoms with Crippen molar-refractivity contribution < 1.29 is 9.59 Å². The Kier molecular flexibility index (Phi) is 9.27. The van der Waals surface area contributed by atoms with Gasteiger partial charge in [-0.2, -0.15) is 0 Å². The van der Waals surface area contributed by atoms with E-state index in [0.29, 0.717) is 25.4 Å². The highest BCUT2D eigenvalue weighted by atomic mass is 35.5. The van der Waals surface area contributed by atoms with E-state index in [0.717, 1.165) is 19.3 Å². The molecule has 0 spiro atoms. The SMILES string of the molecule is CCCCCNC(=O)C(=O)NCCCCl. The normalized spacial score (nSPS) is 9.73. The predicted molar refractivity (Wildman–Crippen MR) is 60.9 cm³/mol. The predicted octanol–water partition coefficient (Wildman–Crippen LogP) is 1.04. The summed E-state index contributed by atoms with van der Waals surface area (Å²) in [7, 11) is 0. The molecule has 0 aliphatic heterocycles. The number of alkyl halides is 1. The summed E-state index contributed by atoms with van der Waals surface area (Å²) in [5, 5.41) is 5.05. The molecule has 0 aliphatic carbocycles. The fraction of sp³-hybridized carbons (Fsp3) is 0.800. The van der Waals surface area contributed by atoms with Gasteiger partial charge in [0.25, 0.3) is 0 Å². The van der Waals surface area contributed by atoms with E-state index in [-0.39, 0.29) is 0 Å². The van der Waals surface area contributed by atoms with Crippen LogP contribution in [-0.4, -0.2) is 30.8 Å². The number of hydrogen-bond donors (Lipinski definition) is 2. The van der Waals surface area contributed by atoms with Gasteiger partial charge in [-0.05, 0) is 12.8 Å². The summed E-state index contributed by atoms with van der Waals surface area (Å²) in [6.45, 7) is 3.10. The van der Waals surface area contributed by atoms with Crippen LogP contribution in [0.2, 0.25) is 0 Å². The van der Waals surface area contributed by atoms with Gasteiger partial charge in [0, 0.05) is 19.0 Å². The molecule has 0 bridgehead atoms. The Morgan fingerprint density at radius 1 is 1.00 bits per heavy atom. The third-order valence-corrected chi connectivity index (χ3v) is 2.14. The van der Waals surface area contributed by atoms with E-state index >= 15 is 0 Å². The van der Waals surface area contributed by atoms with Crippen molar-refractivity contribution in [1.82, 2.24) is 10.6 Å². The van der Waals surface area contributed by atoms with Crippen LogP contribution in [0.1, 0.15) is 32.6 Å². The Hall–Kier alpha value is -0.770. The van der Waals surface area contributed by atoms with Crippen LogP contribution in [-0.2, 0) is 9.59 Å². The standard InChI is InChI=1S/C10H19ClN2O2/c1-2-3-4-7-12-9(14)10(15)13-8-5-6-11/h2-8H2,1H3,(H,12,14)(H,13,15). The summed E-state index contributed by atoms with van der Waals surface area (Å²) in [6.07, 6.45) is 3.75. The van der Waals surface area contributed by atoms with E-state index in [1.54, 1.807) is 0 Å². The van der Waals surface area contributed by atoms with Crippen molar-refractivity contribution in [2.45, 2.75) is 32.6 Å². The van der Waals surface area contributed by atoms with E-state index in [9.17, 15) is 9.59 Å². The zero-order valence-electron chi connectivity index (χ0n) is 9.14. The zero-order valence-corrected chi connectivity index (χ0v) is 9.90. The summed E-state index contributed by atoms with van der Waals surface area (Å²) in [5.41, 5.74) is 0. The number of amides is 2. The molecule has 0 aromatic carbocycles. The molecular formula is C10H19ClN2O2. The fourth-order valence-electron chi connectivity index (χ4n) is 1.01. The molecule has 15 heavy (non-hydrogen) atoms. The lowest BCUT2D eigenvalue weighted by Crippen LogP contribution is -2.40. The van der Waals surface area contributed by atoms with Crippen LogP contribution < -0.4 is 10.6 Å². The third kappa shape index (κ3) is 8.24. The molecule has 0 atom stereocenters. The number of carbonyl (C=O) groups is 2. The van der Waals surface area contributed by atoms with Crippen LogP contribution in [0.15, 0.2) is 0 Å². The summed E-state index contributed by atoms with van der Waals surface area (Å²) in [5.74, 6) is -0.643. The number of unbranched alkanes of at least 4 members (excludes halogenated alkanes) is 2. The smallest absolute Gasteiger partial charge is 0.309 e. The number of nitrogens with one attached hydrogen (secondary N) is 2. The lowest BCUT2D eigenvalue weighted by Gasteiger charge is -2.05. The molecule has 0 radical (unpaired) electrons. The van der Waals surface area contributed by atoms with Gasteiger partial charge in [-0.3, -0.25) is 9.59 Å². The summed E-state index contributed by atoms with van der Waals surface area (Å²) in [6, 6.07) is 0. The first kappa shape index (κ1) is 14.2. The molecule has 4 nitrogen and oxygen atoms in total. The van der Waals surface area contributed by atoms with E-state index in [2.05, 4.69) is 17.6 Å². The lowest BCUT2D eigenvalue weighted by atomic mass is 10.2. The van der Waals surface area contributed by atoms with Crippen LogP contribution in [0, 0.1) is 0 Å². The molecule has 0 saturated heterocycles. The molecule has 0 aromatic rings. The van der Waals surface area contributed by atoms with Crippen LogP contribution in [0.5, 0.6) is 0 Å². The maximum Gasteiger partial charge on any atom is 0.309 e. The first-order valence-corrected chi connectivity index (χ1v) is 5.87. The van der Waals surface area contributed by atoms with Gasteiger partial charge in [0.05, 0.1) is 0 Å². The minimum Gasteiger partial charge on any atom is -0.348 e. The molecule has 0 aliphatic rings. The maximum absolute atomic E-state index is 11.1. The van der Waals surface area contributed by atoms with Crippen molar-refractivity contribution in [3.05, 3.63) is 0 Å². The molecule has 2 N–H and O–H groups in total. The highest BCUT2D eigenvalue weighted by molar-refractivity contribution is 6.35. The van der Waals surface area contributed by atoms with E-state index < -0.39 is 11.8 Å². The summed E-state index contributed by atoms with van der Waals surface area (Å²) < 4.78 is 0. The van der Waals surface area contributed by atoms with Gasteiger partial charge in [-0.25, -0.2) is 0 Å². The van der Waals surface area contributed by atoms with Gasteiger partial charge in [0.15, 0.2) is 0 Å². The largest absolute Gasteiger partial charge is 0.348 e. The van der Waals surface area contributed by atoms with Gasteiger partial charge < -0.3 is 10.6 Å². The van der Waals surface area contributed by atoms with Crippen molar-refractivity contribution in [2.24, 2.45) is 0 Å². The van der Waals surface area contributed by atoms with Crippen molar-refractivity contribution in [2.75, 3.05) is 19.0 Å². The molecule has 2 amide bonds. The maximum atomic E-state index is 11.1. The minimum absolute atomic E-state index is 0.449. The second-order valence-corrected chi connectivity index (χ2v) is 3.64. The Morgan fingerprint density at radius 3 is 2.00 bits per heavy atom. The second kappa shape index (κ2) is 9.77. The molecule has 0 aromatic heterocycles. The topological polar surface area (TPSA) is 58.2 Å². The highest BCUT2D eigenvalue weighted by Gasteiger charge is 2.10. The quantitative estimate of drug-likeness (QED) is 0.393. The van der Waals surface area contributed by atoms with Gasteiger partial charge in [0.1, 0.15) is 0 Å². The Morgan fingerprint density at radius 2 is 1.53 bits per heavy atom. The molecule has 0 heterocycles. The Balaban J connectivity index is 3.47. The lowest BCUT2D eigenvalue weighted by molar-refractivity contribution is -0.139. The average Bonchev–Trinajstić information content (AvgIpc) is 2.24. The van der Waals surface area contributed by atoms with Crippen LogP contribution in [0.3, 0.4) is 0 Å². The number of hydrogen-bond acceptors (Lipinski definition) is 2. The number of halogens is 1. The van der Waals surface area contributed by atoms with Gasteiger partial charge >= 0.3 is 11.8 Å². The summed E-state index contributed by atoms with van der Waals surface area (Å²) in [4.78, 5) is 22.3. The van der Waals surface area contributed by atoms with Gasteiger partial charge in [-0.1, -0.05) is 19.8 Å². The fourth-order valence-corrected chi connectivity index (χ4v) is 1.14. The molecule has 5 heteroatoms. The van der Waals surface area contributed by atoms with Crippen molar-refractivity contribution in [3.63, 3.8) is 0 Å². The molecule has 0 saturated carbocycles. The van der Waals surface area contributed by atoms with Crippen molar-refractivity contribution in [1.29, 1.82) is 0 Å². The van der Waals surface area contributed by atoms with Gasteiger partial charge in [0.2, 0.25) is 0 Å². The number of rotatable bonds is 7. The monoisotopic (exact) mass is 234 g/mol. The Bertz CT molecular complexity index is 198. The first-order valence-electron chi connectivity index (χ1n) is 5.34. The van der Waals surface area contributed by atoms with Crippen molar-refractivity contribution in [3.8, 4) is 0 Å². The van der Waals surface area contributed by atoms with E-state index in [1.165, 1.54) is 0 Å². The molecule has 0 rings (SSSR count). The van der Waals surface area contributed by atoms with E-state index in [4.69, 9.17) is 11.6 Å². The second-order valence-electron chi connectivity index (χ2n) is 3.26. The third-order valence-electron chi connectivity index (χ3n) is 1.87. The van der Waals surface area contributed by atoms with Crippen LogP contribution >= 0.6 is 11.6 Å². The zero-order chi connectivity index (χ0) is 11.5. The number of carbonyl (C=O) groups excluding carboxylic acids is 2. The molecule has 0 fully saturated rings. The van der Waals surface area contributed by atoms with Crippen LogP contribution in [0.4, 0.5) is 0 Å². The summed E-state index contributed by atoms with van der Waals surface area (Å²) >= 11 is 5.43. The molecule has 88 valence electrons. The van der Waals surface area contributed by atoms with Gasteiger partial charge in [-0.15, -0.1) is 11.6 Å². The minimum atomic E-state index is -0.573. The highest BCUT2D eigenvalue weighted by Crippen LogP contribution is 1.90. The van der Waals surface area contributed by atoms with E-state index in [1.807, 2.05) is 0 Å².